The van der Waals surface area contributed by atoms with Crippen molar-refractivity contribution in [2.45, 2.75) is 58.0 Å². The number of H-pyrrole nitrogens is 1. The van der Waals surface area contributed by atoms with E-state index in [9.17, 15) is 9.59 Å². The van der Waals surface area contributed by atoms with Crippen molar-refractivity contribution < 1.29 is 19.1 Å². The standard InChI is InChI=1S/C29H35N3O4/c1-6-14-36-23-13-12-19(15-24(23)35-5)21-16-32-25(33)17-31(18(3)7-2)28(34)29(32,4)27-26(21)20-10-8-9-11-22(20)30-27/h8-13,15,18,21,30H,6-7,14,16-17H2,1-5H3/t18?,21?,29-/m0/s1. The molecule has 2 aliphatic rings. The van der Waals surface area contributed by atoms with E-state index >= 15 is 0 Å². The summed E-state index contributed by atoms with van der Waals surface area (Å²) in [6.07, 6.45) is 1.70. The number of hydrogen-bond acceptors (Lipinski definition) is 4. The van der Waals surface area contributed by atoms with Crippen LogP contribution in [0.5, 0.6) is 11.5 Å². The molecule has 3 heterocycles. The third kappa shape index (κ3) is 3.55. The third-order valence-electron chi connectivity index (χ3n) is 7.95. The van der Waals surface area contributed by atoms with Crippen LogP contribution in [0.3, 0.4) is 0 Å². The van der Waals surface area contributed by atoms with Gasteiger partial charge in [-0.1, -0.05) is 38.1 Å². The average molecular weight is 490 g/mol. The molecule has 3 aromatic rings. The molecule has 7 heteroatoms. The lowest BCUT2D eigenvalue weighted by Gasteiger charge is -2.52. The fraction of sp³-hybridized carbons (Fsp3) is 0.448. The molecule has 190 valence electrons. The number of nitrogens with zero attached hydrogens (tertiary/aromatic N) is 2. The van der Waals surface area contributed by atoms with Crippen LogP contribution in [0.25, 0.3) is 10.9 Å². The maximum Gasteiger partial charge on any atom is 0.255 e. The van der Waals surface area contributed by atoms with Gasteiger partial charge in [-0.05, 0) is 56.0 Å². The second-order valence-electron chi connectivity index (χ2n) is 10.0. The molecule has 7 nitrogen and oxygen atoms in total. The Hall–Kier alpha value is -3.48. The van der Waals surface area contributed by atoms with Crippen molar-refractivity contribution in [2.75, 3.05) is 26.8 Å². The zero-order valence-electron chi connectivity index (χ0n) is 21.8. The van der Waals surface area contributed by atoms with Crippen LogP contribution in [0.15, 0.2) is 42.5 Å². The second kappa shape index (κ2) is 9.19. The molecule has 1 fully saturated rings. The number of piperazine rings is 1. The van der Waals surface area contributed by atoms with Gasteiger partial charge < -0.3 is 24.3 Å². The SMILES string of the molecule is CCCOc1ccc(C2CN3C(=O)CN(C(C)CC)C(=O)[C@]3(C)c3[nH]c4ccccc4c32)cc1OC. The number of aromatic amines is 1. The topological polar surface area (TPSA) is 74.9 Å². The first kappa shape index (κ1) is 24.2. The summed E-state index contributed by atoms with van der Waals surface area (Å²) in [5.41, 5.74) is 2.77. The summed E-state index contributed by atoms with van der Waals surface area (Å²) < 4.78 is 11.6. The molecule has 2 aliphatic heterocycles. The highest BCUT2D eigenvalue weighted by atomic mass is 16.5. The Bertz CT molecular complexity index is 1320. The lowest BCUT2D eigenvalue weighted by molar-refractivity contribution is -0.168. The molecule has 0 bridgehead atoms. The van der Waals surface area contributed by atoms with E-state index < -0.39 is 5.54 Å². The first-order valence-electron chi connectivity index (χ1n) is 12.9. The Balaban J connectivity index is 1.69. The number of carbonyl (C=O) groups is 2. The number of para-hydroxylation sites is 1. The second-order valence-corrected chi connectivity index (χ2v) is 10.0. The molecule has 1 N–H and O–H groups in total. The van der Waals surface area contributed by atoms with Crippen LogP contribution in [0, 0.1) is 0 Å². The van der Waals surface area contributed by atoms with Gasteiger partial charge in [0.15, 0.2) is 17.0 Å². The van der Waals surface area contributed by atoms with Crippen molar-refractivity contribution in [1.82, 2.24) is 14.8 Å². The highest BCUT2D eigenvalue weighted by Gasteiger charge is 2.56. The Morgan fingerprint density at radius 2 is 1.92 bits per heavy atom. The number of nitrogens with one attached hydrogen (secondary N) is 1. The van der Waals surface area contributed by atoms with Crippen molar-refractivity contribution in [3.63, 3.8) is 0 Å². The van der Waals surface area contributed by atoms with Crippen LogP contribution in [-0.2, 0) is 15.1 Å². The van der Waals surface area contributed by atoms with Gasteiger partial charge in [0, 0.05) is 29.4 Å². The predicted octanol–water partition coefficient (Wildman–Crippen LogP) is 4.80. The maximum atomic E-state index is 14.0. The molecule has 0 aliphatic carbocycles. The molecule has 2 unspecified atom stereocenters. The lowest BCUT2D eigenvalue weighted by atomic mass is 9.76. The number of fused-ring (bicyclic) bond motifs is 5. The number of aromatic nitrogens is 1. The molecule has 36 heavy (non-hydrogen) atoms. The van der Waals surface area contributed by atoms with Gasteiger partial charge in [-0.2, -0.15) is 0 Å². The van der Waals surface area contributed by atoms with Crippen LogP contribution in [0.4, 0.5) is 0 Å². The number of ether oxygens (including phenoxy) is 2. The molecule has 2 aromatic carbocycles. The Kier molecular flexibility index (Phi) is 6.18. The molecule has 3 atom stereocenters. The Morgan fingerprint density at radius 3 is 2.64 bits per heavy atom. The fourth-order valence-corrected chi connectivity index (χ4v) is 5.74. The van der Waals surface area contributed by atoms with Crippen molar-refractivity contribution in [1.29, 1.82) is 0 Å². The van der Waals surface area contributed by atoms with Gasteiger partial charge in [0.2, 0.25) is 5.91 Å². The zero-order chi connectivity index (χ0) is 25.6. The molecule has 0 spiro atoms. The molecular formula is C29H35N3O4. The summed E-state index contributed by atoms with van der Waals surface area (Å²) in [7, 11) is 1.64. The summed E-state index contributed by atoms with van der Waals surface area (Å²) >= 11 is 0. The van der Waals surface area contributed by atoms with E-state index in [1.807, 2.05) is 57.2 Å². The number of amides is 2. The summed E-state index contributed by atoms with van der Waals surface area (Å²) in [6.45, 7) is 9.16. The monoisotopic (exact) mass is 489 g/mol. The number of benzene rings is 2. The number of carbonyl (C=O) groups excluding carboxylic acids is 2. The normalized spacial score (nSPS) is 22.4. The van der Waals surface area contributed by atoms with Crippen LogP contribution >= 0.6 is 0 Å². The van der Waals surface area contributed by atoms with E-state index in [-0.39, 0.29) is 30.3 Å². The summed E-state index contributed by atoms with van der Waals surface area (Å²) in [4.78, 5) is 34.7. The zero-order valence-corrected chi connectivity index (χ0v) is 21.8. The van der Waals surface area contributed by atoms with Gasteiger partial charge in [0.25, 0.3) is 5.91 Å². The van der Waals surface area contributed by atoms with Crippen LogP contribution in [0.2, 0.25) is 0 Å². The van der Waals surface area contributed by atoms with Gasteiger partial charge in [0.05, 0.1) is 19.4 Å². The molecule has 0 saturated carbocycles. The van der Waals surface area contributed by atoms with E-state index in [2.05, 4.69) is 18.0 Å². The molecule has 0 radical (unpaired) electrons. The minimum atomic E-state index is -1.09. The molecule has 5 rings (SSSR count). The smallest absolute Gasteiger partial charge is 0.255 e. The van der Waals surface area contributed by atoms with Gasteiger partial charge >= 0.3 is 0 Å². The summed E-state index contributed by atoms with van der Waals surface area (Å²) in [5, 5.41) is 1.07. The van der Waals surface area contributed by atoms with Crippen LogP contribution in [0.1, 0.15) is 63.3 Å². The molecule has 1 aromatic heterocycles. The number of methoxy groups -OCH3 is 1. The largest absolute Gasteiger partial charge is 0.493 e. The molecular weight excluding hydrogens is 454 g/mol. The van der Waals surface area contributed by atoms with Crippen LogP contribution in [-0.4, -0.2) is 59.4 Å². The summed E-state index contributed by atoms with van der Waals surface area (Å²) in [6, 6.07) is 14.1. The average Bonchev–Trinajstić information content (AvgIpc) is 3.30. The highest BCUT2D eigenvalue weighted by Crippen LogP contribution is 2.49. The van der Waals surface area contributed by atoms with Gasteiger partial charge in [-0.15, -0.1) is 0 Å². The van der Waals surface area contributed by atoms with E-state index in [4.69, 9.17) is 9.47 Å². The van der Waals surface area contributed by atoms with E-state index in [0.29, 0.717) is 24.7 Å². The summed E-state index contributed by atoms with van der Waals surface area (Å²) in [5.74, 6) is 1.20. The van der Waals surface area contributed by atoms with E-state index in [1.165, 1.54) is 0 Å². The predicted molar refractivity (Wildman–Crippen MR) is 139 cm³/mol. The highest BCUT2D eigenvalue weighted by molar-refractivity contribution is 6.01. The van der Waals surface area contributed by atoms with Crippen molar-refractivity contribution in [3.8, 4) is 11.5 Å². The lowest BCUT2D eigenvalue weighted by Crippen LogP contribution is -2.68. The van der Waals surface area contributed by atoms with Gasteiger partial charge in [-0.3, -0.25) is 9.59 Å². The number of hydrogen-bond donors (Lipinski definition) is 1. The van der Waals surface area contributed by atoms with Gasteiger partial charge in [-0.25, -0.2) is 0 Å². The molecule has 2 amide bonds. The maximum absolute atomic E-state index is 14.0. The fourth-order valence-electron chi connectivity index (χ4n) is 5.74. The van der Waals surface area contributed by atoms with Crippen molar-refractivity contribution in [3.05, 3.63) is 59.3 Å². The number of rotatable bonds is 7. The first-order valence-corrected chi connectivity index (χ1v) is 12.9. The van der Waals surface area contributed by atoms with Crippen molar-refractivity contribution in [2.24, 2.45) is 0 Å². The first-order chi connectivity index (χ1) is 17.3. The van der Waals surface area contributed by atoms with E-state index in [0.717, 1.165) is 40.6 Å². The van der Waals surface area contributed by atoms with Crippen molar-refractivity contribution >= 4 is 22.7 Å². The quantitative estimate of drug-likeness (QED) is 0.518. The Morgan fingerprint density at radius 1 is 1.14 bits per heavy atom. The minimum absolute atomic E-state index is 0.00842. The molecule has 1 saturated heterocycles. The van der Waals surface area contributed by atoms with E-state index in [1.54, 1.807) is 16.9 Å². The van der Waals surface area contributed by atoms with Crippen LogP contribution < -0.4 is 9.47 Å². The van der Waals surface area contributed by atoms with Gasteiger partial charge in [0.1, 0.15) is 6.54 Å². The minimum Gasteiger partial charge on any atom is -0.493 e. The third-order valence-corrected chi connectivity index (χ3v) is 7.95. The Labute approximate surface area is 212 Å².